The Labute approximate surface area is 182 Å². The molecular weight excluding hydrogens is 418 g/mol. The van der Waals surface area contributed by atoms with Crippen LogP contribution in [0.25, 0.3) is 0 Å². The van der Waals surface area contributed by atoms with E-state index in [0.717, 1.165) is 0 Å². The van der Waals surface area contributed by atoms with Crippen LogP contribution in [-0.2, 0) is 4.74 Å². The van der Waals surface area contributed by atoms with Crippen LogP contribution in [0, 0.1) is 12.3 Å². The molecule has 31 heavy (non-hydrogen) atoms. The van der Waals surface area contributed by atoms with Gasteiger partial charge in [-0.25, -0.2) is 4.79 Å². The van der Waals surface area contributed by atoms with Crippen LogP contribution in [0.15, 0.2) is 18.2 Å². The Hall–Kier alpha value is -3.45. The molecule has 0 bridgehead atoms. The van der Waals surface area contributed by atoms with Gasteiger partial charge in [0, 0.05) is 0 Å². The Balaban J connectivity index is 2.50. The van der Waals surface area contributed by atoms with E-state index in [4.69, 9.17) is 25.4 Å². The monoisotopic (exact) mass is 445 g/mol. The van der Waals surface area contributed by atoms with Gasteiger partial charge in [0.05, 0.1) is 46.3 Å². The Morgan fingerprint density at radius 3 is 2.35 bits per heavy atom. The summed E-state index contributed by atoms with van der Waals surface area (Å²) in [5.74, 6) is 1.74. The zero-order valence-corrected chi connectivity index (χ0v) is 19.5. The van der Waals surface area contributed by atoms with Gasteiger partial charge >= 0.3 is 12.0 Å². The molecule has 1 aromatic carbocycles. The van der Waals surface area contributed by atoms with Crippen LogP contribution in [0.1, 0.15) is 17.3 Å². The van der Waals surface area contributed by atoms with Crippen LogP contribution in [0.2, 0.25) is 19.6 Å². The number of nitrogens with one attached hydrogen (secondary N) is 1. The fraction of sp³-hybridized carbons (Fsp3) is 0.381. The third-order valence-electron chi connectivity index (χ3n) is 4.51. The summed E-state index contributed by atoms with van der Waals surface area (Å²) in [6, 6.07) is 4.36. The number of phenols is 1. The van der Waals surface area contributed by atoms with Crippen molar-refractivity contribution in [3.63, 3.8) is 0 Å². The van der Waals surface area contributed by atoms with Crippen molar-refractivity contribution in [3.05, 3.63) is 23.8 Å². The molecule has 0 amide bonds. The number of hydrogen-bond donors (Lipinski definition) is 2. The molecule has 0 aliphatic rings. The lowest BCUT2D eigenvalue weighted by atomic mass is 10.1. The highest BCUT2D eigenvalue weighted by atomic mass is 28.3. The highest BCUT2D eigenvalue weighted by Gasteiger charge is 2.30. The van der Waals surface area contributed by atoms with Gasteiger partial charge in [-0.15, -0.1) is 6.42 Å². The van der Waals surface area contributed by atoms with E-state index in [1.165, 1.54) is 32.4 Å². The predicted octanol–water partition coefficient (Wildman–Crippen LogP) is 3.46. The minimum absolute atomic E-state index is 0.00633. The molecule has 166 valence electrons. The predicted molar refractivity (Wildman–Crippen MR) is 119 cm³/mol. The van der Waals surface area contributed by atoms with Crippen molar-refractivity contribution in [2.45, 2.75) is 32.3 Å². The Morgan fingerprint density at radius 2 is 1.84 bits per heavy atom. The van der Waals surface area contributed by atoms with Crippen LogP contribution in [0.3, 0.4) is 0 Å². The van der Waals surface area contributed by atoms with E-state index in [0.29, 0.717) is 0 Å². The smallest absolute Gasteiger partial charge is 0.345 e. The number of phenolic OH excluding ortho intramolecular Hbond substituents is 1. The minimum atomic E-state index is -1.79. The van der Waals surface area contributed by atoms with Crippen molar-refractivity contribution in [2.75, 3.05) is 26.1 Å². The number of aromatic hydroxyl groups is 1. The molecular formula is C21H27N3O6Si. The zero-order chi connectivity index (χ0) is 23.2. The topological polar surface area (TPSA) is 112 Å². The molecule has 0 fully saturated rings. The zero-order valence-electron chi connectivity index (χ0n) is 18.5. The van der Waals surface area contributed by atoms with Crippen molar-refractivity contribution in [3.8, 4) is 41.6 Å². The maximum Gasteiger partial charge on any atom is 0.345 e. The number of ether oxygens (including phenoxy) is 4. The summed E-state index contributed by atoms with van der Waals surface area (Å²) in [4.78, 5) is 21.2. The SMILES string of the molecule is C#CCNc1ccc(Oc2nc(OC)cc(OC)n2)c(C(=O)OC(C)[Si](C)(C)C)c1O. The number of anilines is 1. The summed E-state index contributed by atoms with van der Waals surface area (Å²) in [5, 5.41) is 13.6. The number of nitrogens with zero attached hydrogens (tertiary/aromatic N) is 2. The second-order valence-electron chi connectivity index (χ2n) is 7.64. The molecule has 0 aliphatic carbocycles. The van der Waals surface area contributed by atoms with E-state index in [1.54, 1.807) is 0 Å². The molecule has 1 atom stereocenters. The average molecular weight is 446 g/mol. The molecule has 1 aromatic heterocycles. The fourth-order valence-corrected chi connectivity index (χ4v) is 2.74. The summed E-state index contributed by atoms with van der Waals surface area (Å²) in [6.45, 7) is 8.21. The third-order valence-corrected chi connectivity index (χ3v) is 7.06. The maximum atomic E-state index is 13.0. The Morgan fingerprint density at radius 1 is 1.23 bits per heavy atom. The van der Waals surface area contributed by atoms with Crippen LogP contribution in [0.4, 0.5) is 5.69 Å². The van der Waals surface area contributed by atoms with Crippen molar-refractivity contribution in [1.29, 1.82) is 0 Å². The number of methoxy groups -OCH3 is 2. The van der Waals surface area contributed by atoms with Gasteiger partial charge in [0.25, 0.3) is 0 Å². The molecule has 0 aliphatic heterocycles. The lowest BCUT2D eigenvalue weighted by Crippen LogP contribution is -2.39. The molecule has 9 nitrogen and oxygen atoms in total. The molecule has 1 unspecified atom stereocenters. The van der Waals surface area contributed by atoms with Crippen molar-refractivity contribution in [1.82, 2.24) is 9.97 Å². The van der Waals surface area contributed by atoms with Gasteiger partial charge < -0.3 is 29.4 Å². The van der Waals surface area contributed by atoms with E-state index in [-0.39, 0.29) is 52.8 Å². The van der Waals surface area contributed by atoms with Crippen molar-refractivity contribution in [2.24, 2.45) is 0 Å². The van der Waals surface area contributed by atoms with Crippen molar-refractivity contribution >= 4 is 19.7 Å². The van der Waals surface area contributed by atoms with E-state index in [9.17, 15) is 9.90 Å². The third kappa shape index (κ3) is 6.02. The van der Waals surface area contributed by atoms with Gasteiger partial charge in [-0.1, -0.05) is 25.6 Å². The molecule has 10 heteroatoms. The van der Waals surface area contributed by atoms with Gasteiger partial charge in [0.15, 0.2) is 5.75 Å². The number of aromatic nitrogens is 2. The highest BCUT2D eigenvalue weighted by molar-refractivity contribution is 6.77. The van der Waals surface area contributed by atoms with Gasteiger partial charge in [0.2, 0.25) is 11.8 Å². The highest BCUT2D eigenvalue weighted by Crippen LogP contribution is 2.38. The average Bonchev–Trinajstić information content (AvgIpc) is 2.72. The van der Waals surface area contributed by atoms with E-state index in [2.05, 4.69) is 40.8 Å². The number of carbonyl (C=O) groups is 1. The number of rotatable bonds is 9. The lowest BCUT2D eigenvalue weighted by Gasteiger charge is -2.25. The van der Waals surface area contributed by atoms with Gasteiger partial charge in [-0.3, -0.25) is 0 Å². The van der Waals surface area contributed by atoms with Crippen molar-refractivity contribution < 1.29 is 28.8 Å². The summed E-state index contributed by atoms with van der Waals surface area (Å²) < 4.78 is 21.6. The Bertz CT molecular complexity index is 962. The van der Waals surface area contributed by atoms with Crippen LogP contribution in [-0.4, -0.2) is 55.6 Å². The van der Waals surface area contributed by atoms with E-state index >= 15 is 0 Å². The second-order valence-corrected chi connectivity index (χ2v) is 13.2. The maximum absolute atomic E-state index is 13.0. The summed E-state index contributed by atoms with van der Waals surface area (Å²) in [5.41, 5.74) is -0.206. The van der Waals surface area contributed by atoms with Crippen LogP contribution in [0.5, 0.6) is 29.3 Å². The first-order valence-corrected chi connectivity index (χ1v) is 13.1. The van der Waals surface area contributed by atoms with Crippen LogP contribution < -0.4 is 19.5 Å². The molecule has 0 saturated carbocycles. The number of hydrogen-bond acceptors (Lipinski definition) is 9. The van der Waals surface area contributed by atoms with Gasteiger partial charge in [-0.2, -0.15) is 9.97 Å². The number of carbonyl (C=O) groups excluding carboxylic acids is 1. The molecule has 0 spiro atoms. The summed E-state index contributed by atoms with van der Waals surface area (Å²) in [6.07, 6.45) is 5.28. The first kappa shape index (κ1) is 23.8. The number of terminal acetylenes is 1. The number of benzene rings is 1. The standard InChI is InChI=1S/C21H27N3O6Si/c1-8-11-22-14-9-10-15(30-21-23-16(27-3)12-17(24-21)28-4)18(19(14)25)20(26)29-13(2)31(5,6)7/h1,9-10,12-13,22,25H,11H2,2-7H3. The minimum Gasteiger partial charge on any atom is -0.505 e. The van der Waals surface area contributed by atoms with Gasteiger partial charge in [0.1, 0.15) is 11.3 Å². The fourth-order valence-electron chi connectivity index (χ4n) is 2.28. The number of esters is 1. The largest absolute Gasteiger partial charge is 0.505 e. The first-order chi connectivity index (χ1) is 14.6. The second kappa shape index (κ2) is 10.0. The van der Waals surface area contributed by atoms with E-state index < -0.39 is 14.0 Å². The summed E-state index contributed by atoms with van der Waals surface area (Å²) in [7, 11) is 1.08. The first-order valence-electron chi connectivity index (χ1n) is 9.49. The summed E-state index contributed by atoms with van der Waals surface area (Å²) >= 11 is 0. The molecule has 2 aromatic rings. The quantitative estimate of drug-likeness (QED) is 0.259. The normalized spacial score (nSPS) is 11.8. The van der Waals surface area contributed by atoms with Gasteiger partial charge in [-0.05, 0) is 19.1 Å². The molecule has 0 saturated heterocycles. The molecule has 2 N–H and O–H groups in total. The molecule has 2 rings (SSSR count). The van der Waals surface area contributed by atoms with Crippen LogP contribution >= 0.6 is 0 Å². The Kier molecular flexibility index (Phi) is 7.71. The lowest BCUT2D eigenvalue weighted by molar-refractivity contribution is 0.0449. The van der Waals surface area contributed by atoms with E-state index in [1.807, 2.05) is 6.92 Å². The molecule has 1 heterocycles. The molecule has 0 radical (unpaired) electrons.